The van der Waals surface area contributed by atoms with E-state index >= 15 is 0 Å². The zero-order valence-corrected chi connectivity index (χ0v) is 12.1. The van der Waals surface area contributed by atoms with Crippen molar-refractivity contribution >= 4 is 16.0 Å². The van der Waals surface area contributed by atoms with Gasteiger partial charge in [0, 0.05) is 13.6 Å². The molecule has 0 atom stereocenters. The second kappa shape index (κ2) is 5.87. The van der Waals surface area contributed by atoms with Gasteiger partial charge in [-0.3, -0.25) is 0 Å². The van der Waals surface area contributed by atoms with Crippen molar-refractivity contribution in [1.29, 1.82) is 5.26 Å². The zero-order valence-electron chi connectivity index (χ0n) is 11.3. The predicted molar refractivity (Wildman–Crippen MR) is 76.3 cm³/mol. The maximum atomic E-state index is 12.3. The first-order valence-electron chi connectivity index (χ1n) is 5.96. The number of nitrogen functional groups attached to an aromatic ring is 1. The quantitative estimate of drug-likeness (QED) is 0.891. The Labute approximate surface area is 122 Å². The van der Waals surface area contributed by atoms with E-state index in [0.29, 0.717) is 5.56 Å². The van der Waals surface area contributed by atoms with Crippen molar-refractivity contribution in [2.45, 2.75) is 11.4 Å². The van der Waals surface area contributed by atoms with Gasteiger partial charge in [-0.25, -0.2) is 18.4 Å². The van der Waals surface area contributed by atoms with Gasteiger partial charge in [0.25, 0.3) is 0 Å². The summed E-state index contributed by atoms with van der Waals surface area (Å²) in [6.07, 6.45) is 2.33. The Kier molecular flexibility index (Phi) is 4.16. The fraction of sp³-hybridized carbons (Fsp3) is 0.154. The molecule has 0 aliphatic rings. The van der Waals surface area contributed by atoms with Crippen molar-refractivity contribution in [3.05, 3.63) is 47.8 Å². The minimum atomic E-state index is -3.70. The maximum absolute atomic E-state index is 12.3. The zero-order chi connectivity index (χ0) is 15.5. The summed E-state index contributed by atoms with van der Waals surface area (Å²) in [5, 5.41) is 8.85. The van der Waals surface area contributed by atoms with Crippen molar-refractivity contribution in [2.75, 3.05) is 12.8 Å². The summed E-state index contributed by atoms with van der Waals surface area (Å²) in [6, 6.07) is 8.78. The second-order valence-corrected chi connectivity index (χ2v) is 6.40. The summed E-state index contributed by atoms with van der Waals surface area (Å²) in [5.74, 6) is 0.0123. The normalized spacial score (nSPS) is 11.3. The smallest absolute Gasteiger partial charge is 0.246 e. The van der Waals surface area contributed by atoms with Crippen LogP contribution in [0.3, 0.4) is 0 Å². The Morgan fingerprint density at radius 3 is 2.62 bits per heavy atom. The first-order valence-corrected chi connectivity index (χ1v) is 7.40. The van der Waals surface area contributed by atoms with Crippen LogP contribution in [-0.2, 0) is 16.6 Å². The molecule has 2 aromatic rings. The summed E-state index contributed by atoms with van der Waals surface area (Å²) < 4.78 is 25.8. The molecule has 0 aliphatic heterocycles. The Bertz CT molecular complexity index is 781. The third-order valence-electron chi connectivity index (χ3n) is 2.82. The van der Waals surface area contributed by atoms with Crippen LogP contribution in [0.15, 0.2) is 41.6 Å². The van der Waals surface area contributed by atoms with Gasteiger partial charge in [-0.1, -0.05) is 12.1 Å². The Morgan fingerprint density at radius 2 is 2.00 bits per heavy atom. The molecule has 0 aliphatic carbocycles. The molecular formula is C13H13N5O2S. The summed E-state index contributed by atoms with van der Waals surface area (Å²) in [5.41, 5.74) is 6.54. The molecule has 0 fully saturated rings. The minimum Gasteiger partial charge on any atom is -0.368 e. The number of benzene rings is 1. The average Bonchev–Trinajstić information content (AvgIpc) is 2.48. The van der Waals surface area contributed by atoms with Crippen LogP contribution in [0.4, 0.5) is 5.95 Å². The summed E-state index contributed by atoms with van der Waals surface area (Å²) in [7, 11) is -2.25. The lowest BCUT2D eigenvalue weighted by molar-refractivity contribution is 0.466. The topological polar surface area (TPSA) is 113 Å². The van der Waals surface area contributed by atoms with E-state index in [-0.39, 0.29) is 17.4 Å². The number of sulfonamides is 1. The number of nitrogens with zero attached hydrogens (tertiary/aromatic N) is 4. The molecule has 2 rings (SSSR count). The van der Waals surface area contributed by atoms with Crippen LogP contribution in [0, 0.1) is 11.3 Å². The molecule has 1 aromatic carbocycles. The lowest BCUT2D eigenvalue weighted by atomic mass is 10.1. The molecule has 21 heavy (non-hydrogen) atoms. The fourth-order valence-electron chi connectivity index (χ4n) is 1.72. The fourth-order valence-corrected chi connectivity index (χ4v) is 2.77. The number of rotatable bonds is 4. The highest BCUT2D eigenvalue weighted by Crippen LogP contribution is 2.16. The van der Waals surface area contributed by atoms with Crippen LogP contribution < -0.4 is 5.73 Å². The van der Waals surface area contributed by atoms with Crippen LogP contribution in [0.25, 0.3) is 0 Å². The van der Waals surface area contributed by atoms with Crippen molar-refractivity contribution < 1.29 is 8.42 Å². The van der Waals surface area contributed by atoms with E-state index in [1.165, 1.54) is 23.7 Å². The average molecular weight is 303 g/mol. The predicted octanol–water partition coefficient (Wildman–Crippen LogP) is 0.751. The molecule has 0 amide bonds. The molecular weight excluding hydrogens is 290 g/mol. The van der Waals surface area contributed by atoms with E-state index in [4.69, 9.17) is 11.0 Å². The number of hydrogen-bond donors (Lipinski definition) is 1. The van der Waals surface area contributed by atoms with Gasteiger partial charge in [-0.05, 0) is 17.7 Å². The van der Waals surface area contributed by atoms with Gasteiger partial charge in [0.1, 0.15) is 4.90 Å². The highest BCUT2D eigenvalue weighted by Gasteiger charge is 2.21. The van der Waals surface area contributed by atoms with Gasteiger partial charge >= 0.3 is 0 Å². The van der Waals surface area contributed by atoms with E-state index in [9.17, 15) is 8.42 Å². The molecule has 1 aromatic heterocycles. The van der Waals surface area contributed by atoms with Gasteiger partial charge in [-0.15, -0.1) is 0 Å². The molecule has 7 nitrogen and oxygen atoms in total. The van der Waals surface area contributed by atoms with E-state index in [0.717, 1.165) is 5.56 Å². The van der Waals surface area contributed by atoms with Crippen molar-refractivity contribution in [1.82, 2.24) is 14.3 Å². The van der Waals surface area contributed by atoms with Crippen LogP contribution in [0.5, 0.6) is 0 Å². The van der Waals surface area contributed by atoms with E-state index in [1.54, 1.807) is 24.3 Å². The van der Waals surface area contributed by atoms with Crippen LogP contribution >= 0.6 is 0 Å². The van der Waals surface area contributed by atoms with E-state index in [1.807, 2.05) is 6.07 Å². The molecule has 1 heterocycles. The molecule has 0 radical (unpaired) electrons. The molecule has 108 valence electrons. The summed E-state index contributed by atoms with van der Waals surface area (Å²) in [6.45, 7) is 0.141. The first-order chi connectivity index (χ1) is 9.93. The molecule has 0 bridgehead atoms. The Balaban J connectivity index is 2.24. The van der Waals surface area contributed by atoms with Gasteiger partial charge < -0.3 is 5.73 Å². The number of anilines is 1. The lowest BCUT2D eigenvalue weighted by Gasteiger charge is -2.17. The molecule has 0 unspecified atom stereocenters. The van der Waals surface area contributed by atoms with Crippen molar-refractivity contribution in [3.63, 3.8) is 0 Å². The van der Waals surface area contributed by atoms with Gasteiger partial charge in [0.05, 0.1) is 24.0 Å². The standard InChI is InChI=1S/C13H13N5O2S/c1-18(9-11-4-2-3-10(5-11)6-14)21(19,20)12-7-16-13(15)17-8-12/h2-5,7-8H,9H2,1H3,(H2,15,16,17). The number of nitriles is 1. The van der Waals surface area contributed by atoms with Crippen molar-refractivity contribution in [3.8, 4) is 6.07 Å². The molecule has 0 saturated carbocycles. The highest BCUT2D eigenvalue weighted by molar-refractivity contribution is 7.89. The van der Waals surface area contributed by atoms with E-state index < -0.39 is 10.0 Å². The summed E-state index contributed by atoms with van der Waals surface area (Å²) in [4.78, 5) is 7.33. The lowest BCUT2D eigenvalue weighted by Crippen LogP contribution is -2.26. The molecule has 0 saturated heterocycles. The van der Waals surface area contributed by atoms with Gasteiger partial charge in [0.15, 0.2) is 0 Å². The van der Waals surface area contributed by atoms with E-state index in [2.05, 4.69) is 9.97 Å². The third kappa shape index (κ3) is 3.34. The summed E-state index contributed by atoms with van der Waals surface area (Å²) >= 11 is 0. The van der Waals surface area contributed by atoms with Crippen LogP contribution in [0.1, 0.15) is 11.1 Å². The number of nitrogens with two attached hydrogens (primary N) is 1. The largest absolute Gasteiger partial charge is 0.368 e. The number of hydrogen-bond acceptors (Lipinski definition) is 6. The number of aromatic nitrogens is 2. The highest BCUT2D eigenvalue weighted by atomic mass is 32.2. The molecule has 8 heteroatoms. The molecule has 0 spiro atoms. The Morgan fingerprint density at radius 1 is 1.33 bits per heavy atom. The van der Waals surface area contributed by atoms with Crippen molar-refractivity contribution in [2.24, 2.45) is 0 Å². The van der Waals surface area contributed by atoms with Crippen LogP contribution in [-0.4, -0.2) is 29.7 Å². The van der Waals surface area contributed by atoms with Gasteiger partial charge in [0.2, 0.25) is 16.0 Å². The third-order valence-corrected chi connectivity index (χ3v) is 4.57. The van der Waals surface area contributed by atoms with Gasteiger partial charge in [-0.2, -0.15) is 9.57 Å². The SMILES string of the molecule is CN(Cc1cccc(C#N)c1)S(=O)(=O)c1cnc(N)nc1. The first kappa shape index (κ1) is 14.9. The molecule has 2 N–H and O–H groups in total. The van der Waals surface area contributed by atoms with Crippen LogP contribution in [0.2, 0.25) is 0 Å². The Hall–Kier alpha value is -2.50. The monoisotopic (exact) mass is 303 g/mol. The minimum absolute atomic E-state index is 0.0123. The maximum Gasteiger partial charge on any atom is 0.246 e. The second-order valence-electron chi connectivity index (χ2n) is 4.35.